The van der Waals surface area contributed by atoms with Crippen molar-refractivity contribution in [2.75, 3.05) is 5.73 Å². The van der Waals surface area contributed by atoms with Gasteiger partial charge in [0.2, 0.25) is 0 Å². The van der Waals surface area contributed by atoms with E-state index in [0.717, 1.165) is 11.3 Å². The molecule has 1 aromatic heterocycles. The van der Waals surface area contributed by atoms with Crippen LogP contribution in [0.25, 0.3) is 5.69 Å². The first-order valence-electron chi connectivity index (χ1n) is 6.90. The van der Waals surface area contributed by atoms with Crippen molar-refractivity contribution in [1.29, 1.82) is 5.26 Å². The number of hydrogen-bond donors (Lipinski definition) is 1. The van der Waals surface area contributed by atoms with Gasteiger partial charge in [-0.2, -0.15) is 10.4 Å². The molecule has 6 heteroatoms. The van der Waals surface area contributed by atoms with E-state index in [1.54, 1.807) is 4.68 Å². The van der Waals surface area contributed by atoms with Crippen molar-refractivity contribution in [2.45, 2.75) is 10.8 Å². The predicted molar refractivity (Wildman–Crippen MR) is 93.7 cm³/mol. The number of para-hydroxylation sites is 1. The molecule has 3 rings (SSSR count). The van der Waals surface area contributed by atoms with Crippen LogP contribution in [0.5, 0.6) is 0 Å². The van der Waals surface area contributed by atoms with Crippen LogP contribution in [0.2, 0.25) is 5.02 Å². The molecular formula is C17H13ClN4S. The minimum Gasteiger partial charge on any atom is -0.382 e. The molecule has 3 aromatic rings. The number of nitrogen functional groups attached to an aromatic ring is 1. The smallest absolute Gasteiger partial charge is 0.146 e. The number of aromatic nitrogens is 2. The number of rotatable bonds is 4. The van der Waals surface area contributed by atoms with E-state index < -0.39 is 0 Å². The molecule has 0 aliphatic rings. The standard InChI is InChI=1S/C17H13ClN4S/c18-13-8-6-12(7-9-13)11-23-17-15(10-19)16(20)22(21-17)14-4-2-1-3-5-14/h1-9H,11,20H2. The number of nitrogens with two attached hydrogens (primary N) is 1. The Balaban J connectivity index is 1.88. The Morgan fingerprint density at radius 2 is 1.83 bits per heavy atom. The van der Waals surface area contributed by atoms with Gasteiger partial charge in [-0.1, -0.05) is 53.7 Å². The number of anilines is 1. The van der Waals surface area contributed by atoms with E-state index in [9.17, 15) is 5.26 Å². The van der Waals surface area contributed by atoms with Gasteiger partial charge >= 0.3 is 0 Å². The van der Waals surface area contributed by atoms with E-state index in [1.807, 2.05) is 54.6 Å². The maximum Gasteiger partial charge on any atom is 0.146 e. The molecular weight excluding hydrogens is 328 g/mol. The predicted octanol–water partition coefficient (Wildman–Crippen LogP) is 4.27. The van der Waals surface area contributed by atoms with Crippen LogP contribution in [-0.4, -0.2) is 9.78 Å². The van der Waals surface area contributed by atoms with E-state index in [4.69, 9.17) is 17.3 Å². The zero-order chi connectivity index (χ0) is 16.2. The fourth-order valence-corrected chi connectivity index (χ4v) is 3.17. The third-order valence-corrected chi connectivity index (χ3v) is 4.58. The Kier molecular flexibility index (Phi) is 4.56. The monoisotopic (exact) mass is 340 g/mol. The minimum absolute atomic E-state index is 0.359. The van der Waals surface area contributed by atoms with E-state index in [2.05, 4.69) is 11.2 Å². The lowest BCUT2D eigenvalue weighted by molar-refractivity contribution is 0.845. The van der Waals surface area contributed by atoms with Crippen LogP contribution in [0.15, 0.2) is 59.6 Å². The fourth-order valence-electron chi connectivity index (χ4n) is 2.11. The summed E-state index contributed by atoms with van der Waals surface area (Å²) in [6.07, 6.45) is 0. The highest BCUT2D eigenvalue weighted by molar-refractivity contribution is 7.98. The second-order valence-corrected chi connectivity index (χ2v) is 6.24. The third kappa shape index (κ3) is 3.34. The van der Waals surface area contributed by atoms with Crippen molar-refractivity contribution in [3.63, 3.8) is 0 Å². The lowest BCUT2D eigenvalue weighted by Gasteiger charge is -2.02. The maximum atomic E-state index is 9.38. The van der Waals surface area contributed by atoms with Gasteiger partial charge in [-0.25, -0.2) is 4.68 Å². The molecule has 0 saturated heterocycles. The Hall–Kier alpha value is -2.42. The van der Waals surface area contributed by atoms with Gasteiger partial charge in [-0.15, -0.1) is 0 Å². The first-order valence-corrected chi connectivity index (χ1v) is 8.26. The Labute approximate surface area is 143 Å². The summed E-state index contributed by atoms with van der Waals surface area (Å²) in [6, 6.07) is 19.3. The molecule has 0 aliphatic carbocycles. The minimum atomic E-state index is 0.359. The average molecular weight is 341 g/mol. The van der Waals surface area contributed by atoms with Gasteiger partial charge in [-0.05, 0) is 29.8 Å². The lowest BCUT2D eigenvalue weighted by Crippen LogP contribution is -2.01. The molecule has 0 radical (unpaired) electrons. The van der Waals surface area contributed by atoms with Gasteiger partial charge < -0.3 is 5.73 Å². The topological polar surface area (TPSA) is 67.6 Å². The van der Waals surface area contributed by atoms with Crippen molar-refractivity contribution < 1.29 is 0 Å². The molecule has 0 bridgehead atoms. The summed E-state index contributed by atoms with van der Waals surface area (Å²) in [7, 11) is 0. The fraction of sp³-hybridized carbons (Fsp3) is 0.0588. The summed E-state index contributed by atoms with van der Waals surface area (Å²) in [5.74, 6) is 1.05. The number of hydrogen-bond acceptors (Lipinski definition) is 4. The highest BCUT2D eigenvalue weighted by atomic mass is 35.5. The van der Waals surface area contributed by atoms with Gasteiger partial charge in [-0.3, -0.25) is 0 Å². The van der Waals surface area contributed by atoms with E-state index >= 15 is 0 Å². The van der Waals surface area contributed by atoms with Crippen LogP contribution in [-0.2, 0) is 5.75 Å². The molecule has 0 saturated carbocycles. The van der Waals surface area contributed by atoms with Crippen LogP contribution >= 0.6 is 23.4 Å². The van der Waals surface area contributed by atoms with Crippen LogP contribution < -0.4 is 5.73 Å². The number of benzene rings is 2. The first-order chi connectivity index (χ1) is 11.2. The van der Waals surface area contributed by atoms with Crippen LogP contribution in [0.1, 0.15) is 11.1 Å². The SMILES string of the molecule is N#Cc1c(SCc2ccc(Cl)cc2)nn(-c2ccccc2)c1N. The molecule has 1 heterocycles. The lowest BCUT2D eigenvalue weighted by atomic mass is 10.2. The van der Waals surface area contributed by atoms with Gasteiger partial charge in [0.05, 0.1) is 5.69 Å². The van der Waals surface area contributed by atoms with Crippen molar-refractivity contribution in [3.8, 4) is 11.8 Å². The molecule has 2 N–H and O–H groups in total. The van der Waals surface area contributed by atoms with Gasteiger partial charge in [0.15, 0.2) is 0 Å². The molecule has 0 aliphatic heterocycles. The van der Waals surface area contributed by atoms with Crippen molar-refractivity contribution in [3.05, 3.63) is 70.7 Å². The molecule has 4 nitrogen and oxygen atoms in total. The first kappa shape index (κ1) is 15.5. The van der Waals surface area contributed by atoms with Crippen LogP contribution in [0, 0.1) is 11.3 Å². The summed E-state index contributed by atoms with van der Waals surface area (Å²) in [6.45, 7) is 0. The molecule has 0 unspecified atom stereocenters. The molecule has 114 valence electrons. The number of nitrogens with zero attached hydrogens (tertiary/aromatic N) is 3. The van der Waals surface area contributed by atoms with E-state index in [-0.39, 0.29) is 0 Å². The zero-order valence-electron chi connectivity index (χ0n) is 12.1. The maximum absolute atomic E-state index is 9.38. The average Bonchev–Trinajstić information content (AvgIpc) is 2.91. The van der Waals surface area contributed by atoms with E-state index in [1.165, 1.54) is 11.8 Å². The highest BCUT2D eigenvalue weighted by Gasteiger charge is 2.16. The molecule has 0 amide bonds. The summed E-state index contributed by atoms with van der Waals surface area (Å²) in [5.41, 5.74) is 8.43. The van der Waals surface area contributed by atoms with Gasteiger partial charge in [0.1, 0.15) is 22.5 Å². The molecule has 0 fully saturated rings. The largest absolute Gasteiger partial charge is 0.382 e. The molecule has 0 spiro atoms. The summed E-state index contributed by atoms with van der Waals surface area (Å²) < 4.78 is 1.60. The van der Waals surface area contributed by atoms with Crippen molar-refractivity contribution >= 4 is 29.2 Å². The van der Waals surface area contributed by atoms with Gasteiger partial charge in [0.25, 0.3) is 0 Å². The Morgan fingerprint density at radius 1 is 1.13 bits per heavy atom. The second kappa shape index (κ2) is 6.78. The quantitative estimate of drug-likeness (QED) is 0.720. The summed E-state index contributed by atoms with van der Waals surface area (Å²) in [4.78, 5) is 0. The van der Waals surface area contributed by atoms with Gasteiger partial charge in [0, 0.05) is 10.8 Å². The van der Waals surface area contributed by atoms with Crippen LogP contribution in [0.3, 0.4) is 0 Å². The number of thioether (sulfide) groups is 1. The van der Waals surface area contributed by atoms with Crippen LogP contribution in [0.4, 0.5) is 5.82 Å². The normalized spacial score (nSPS) is 10.4. The summed E-state index contributed by atoms with van der Waals surface area (Å²) >= 11 is 7.37. The molecule has 23 heavy (non-hydrogen) atoms. The third-order valence-electron chi connectivity index (χ3n) is 3.29. The van der Waals surface area contributed by atoms with E-state index in [0.29, 0.717) is 27.2 Å². The molecule has 0 atom stereocenters. The van der Waals surface area contributed by atoms with Crippen molar-refractivity contribution in [1.82, 2.24) is 9.78 Å². The second-order valence-electron chi connectivity index (χ2n) is 4.84. The zero-order valence-corrected chi connectivity index (χ0v) is 13.7. The number of nitriles is 1. The summed E-state index contributed by atoms with van der Waals surface area (Å²) in [5, 5.41) is 15.2. The highest BCUT2D eigenvalue weighted by Crippen LogP contribution is 2.30. The Bertz CT molecular complexity index is 851. The number of halogens is 1. The Morgan fingerprint density at radius 3 is 2.48 bits per heavy atom. The van der Waals surface area contributed by atoms with Crippen molar-refractivity contribution in [2.24, 2.45) is 0 Å². The molecule has 2 aromatic carbocycles.